The summed E-state index contributed by atoms with van der Waals surface area (Å²) >= 11 is 0. The molecule has 1 aromatic carbocycles. The zero-order valence-corrected chi connectivity index (χ0v) is 15.2. The number of nitrogens with one attached hydrogen (secondary N) is 1. The third-order valence-corrected chi connectivity index (χ3v) is 4.51. The number of nitrogens with zero attached hydrogens (tertiary/aromatic N) is 7. The number of amides is 1. The molecule has 0 unspecified atom stereocenters. The summed E-state index contributed by atoms with van der Waals surface area (Å²) < 4.78 is 30.0. The summed E-state index contributed by atoms with van der Waals surface area (Å²) in [4.78, 5) is 17.4. The number of aromatic nitrogens is 7. The standard InChI is InChI=1S/C18H12F2N8O2/c19-14(20)18-25-24-17(30-18)11-3-4-12(21-7-11)8-28-26-15(23-27-28)9-1-2-10-6-22-16(29)13(10)5-9/h1-5,7,14H,6,8H2,(H,22,29). The Bertz CT molecular complexity index is 1240. The quantitative estimate of drug-likeness (QED) is 0.530. The van der Waals surface area contributed by atoms with E-state index in [1.807, 2.05) is 12.1 Å². The van der Waals surface area contributed by atoms with Crippen molar-refractivity contribution in [2.45, 2.75) is 19.5 Å². The van der Waals surface area contributed by atoms with Crippen LogP contribution in [0.1, 0.15) is 33.9 Å². The Morgan fingerprint density at radius 2 is 2.00 bits per heavy atom. The maximum absolute atomic E-state index is 12.6. The predicted molar refractivity (Wildman–Crippen MR) is 96.0 cm³/mol. The van der Waals surface area contributed by atoms with E-state index in [2.05, 4.69) is 35.9 Å². The number of pyridine rings is 1. The maximum atomic E-state index is 12.6. The highest BCUT2D eigenvalue weighted by atomic mass is 19.3. The van der Waals surface area contributed by atoms with Gasteiger partial charge < -0.3 is 9.73 Å². The van der Waals surface area contributed by atoms with Crippen LogP contribution in [0.15, 0.2) is 40.9 Å². The van der Waals surface area contributed by atoms with E-state index in [9.17, 15) is 13.6 Å². The van der Waals surface area contributed by atoms with Gasteiger partial charge in [-0.25, -0.2) is 0 Å². The highest BCUT2D eigenvalue weighted by Gasteiger charge is 2.20. The third kappa shape index (κ3) is 3.27. The van der Waals surface area contributed by atoms with Gasteiger partial charge in [0.25, 0.3) is 11.8 Å². The van der Waals surface area contributed by atoms with E-state index in [0.29, 0.717) is 34.8 Å². The largest absolute Gasteiger partial charge is 0.415 e. The maximum Gasteiger partial charge on any atom is 0.314 e. The fraction of sp³-hybridized carbons (Fsp3) is 0.167. The number of tetrazole rings is 1. The summed E-state index contributed by atoms with van der Waals surface area (Å²) in [6.07, 6.45) is -1.39. The summed E-state index contributed by atoms with van der Waals surface area (Å²) in [6, 6.07) is 8.74. The van der Waals surface area contributed by atoms with Gasteiger partial charge in [-0.05, 0) is 29.0 Å². The number of hydrogen-bond acceptors (Lipinski definition) is 8. The first-order chi connectivity index (χ1) is 14.6. The Morgan fingerprint density at radius 1 is 1.13 bits per heavy atom. The SMILES string of the molecule is O=C1NCc2ccc(-c3nnn(Cc4ccc(-c5nnc(C(F)F)o5)cn4)n3)cc21. The summed E-state index contributed by atoms with van der Waals surface area (Å²) in [7, 11) is 0. The van der Waals surface area contributed by atoms with Crippen LogP contribution in [0.5, 0.6) is 0 Å². The molecule has 3 aromatic heterocycles. The number of benzene rings is 1. The average Bonchev–Trinajstić information content (AvgIpc) is 3.49. The van der Waals surface area contributed by atoms with Crippen molar-refractivity contribution >= 4 is 5.91 Å². The van der Waals surface area contributed by atoms with Gasteiger partial charge in [0.2, 0.25) is 11.7 Å². The molecule has 12 heteroatoms. The van der Waals surface area contributed by atoms with Crippen molar-refractivity contribution < 1.29 is 18.0 Å². The normalized spacial score (nSPS) is 13.0. The van der Waals surface area contributed by atoms with Crippen LogP contribution >= 0.6 is 0 Å². The van der Waals surface area contributed by atoms with Crippen LogP contribution in [0.3, 0.4) is 0 Å². The second-order valence-corrected chi connectivity index (χ2v) is 6.48. The number of fused-ring (bicyclic) bond motifs is 1. The summed E-state index contributed by atoms with van der Waals surface area (Å²) in [5.74, 6) is -0.506. The molecule has 1 aliphatic heterocycles. The molecular formula is C18H12F2N8O2. The summed E-state index contributed by atoms with van der Waals surface area (Å²) in [5.41, 5.74) is 3.26. The van der Waals surface area contributed by atoms with E-state index in [1.165, 1.54) is 11.0 Å². The van der Waals surface area contributed by atoms with Gasteiger partial charge in [0, 0.05) is 23.9 Å². The molecule has 0 saturated heterocycles. The molecule has 0 saturated carbocycles. The lowest BCUT2D eigenvalue weighted by molar-refractivity contribution is 0.0965. The van der Waals surface area contributed by atoms with Crippen LogP contribution in [0.4, 0.5) is 8.78 Å². The van der Waals surface area contributed by atoms with Gasteiger partial charge in [-0.3, -0.25) is 9.78 Å². The molecule has 10 nitrogen and oxygen atoms in total. The molecule has 0 bridgehead atoms. The predicted octanol–water partition coefficient (Wildman–Crippen LogP) is 2.01. The number of rotatable bonds is 5. The van der Waals surface area contributed by atoms with Crippen molar-refractivity contribution in [3.05, 3.63) is 59.2 Å². The average molecular weight is 410 g/mol. The molecule has 0 spiro atoms. The first kappa shape index (κ1) is 18.0. The van der Waals surface area contributed by atoms with Crippen LogP contribution in [0.25, 0.3) is 22.8 Å². The molecule has 1 amide bonds. The van der Waals surface area contributed by atoms with Crippen molar-refractivity contribution in [1.82, 2.24) is 40.7 Å². The van der Waals surface area contributed by atoms with Crippen LogP contribution in [-0.4, -0.2) is 41.3 Å². The van der Waals surface area contributed by atoms with Gasteiger partial charge in [-0.15, -0.1) is 20.4 Å². The smallest absolute Gasteiger partial charge is 0.314 e. The topological polar surface area (TPSA) is 125 Å². The highest BCUT2D eigenvalue weighted by Crippen LogP contribution is 2.24. The Morgan fingerprint density at radius 3 is 2.77 bits per heavy atom. The molecule has 4 heterocycles. The molecule has 30 heavy (non-hydrogen) atoms. The van der Waals surface area contributed by atoms with Gasteiger partial charge in [-0.2, -0.15) is 13.6 Å². The highest BCUT2D eigenvalue weighted by molar-refractivity contribution is 5.99. The minimum Gasteiger partial charge on any atom is -0.415 e. The van der Waals surface area contributed by atoms with Crippen LogP contribution in [0.2, 0.25) is 0 Å². The van der Waals surface area contributed by atoms with Crippen molar-refractivity contribution in [3.63, 3.8) is 0 Å². The van der Waals surface area contributed by atoms with E-state index >= 15 is 0 Å². The van der Waals surface area contributed by atoms with Gasteiger partial charge in [0.15, 0.2) is 0 Å². The van der Waals surface area contributed by atoms with E-state index in [4.69, 9.17) is 4.42 Å². The molecule has 1 aliphatic rings. The van der Waals surface area contributed by atoms with E-state index in [-0.39, 0.29) is 18.3 Å². The molecule has 4 aromatic rings. The van der Waals surface area contributed by atoms with Crippen LogP contribution < -0.4 is 5.32 Å². The van der Waals surface area contributed by atoms with Crippen LogP contribution in [-0.2, 0) is 13.1 Å². The summed E-state index contributed by atoms with van der Waals surface area (Å²) in [5, 5.41) is 22.0. The van der Waals surface area contributed by atoms with Crippen molar-refractivity contribution in [3.8, 4) is 22.8 Å². The van der Waals surface area contributed by atoms with Gasteiger partial charge in [-0.1, -0.05) is 12.1 Å². The zero-order chi connectivity index (χ0) is 20.7. The molecule has 150 valence electrons. The lowest BCUT2D eigenvalue weighted by Crippen LogP contribution is -2.12. The molecule has 0 atom stereocenters. The Kier molecular flexibility index (Phi) is 4.23. The Labute approximate surface area is 167 Å². The van der Waals surface area contributed by atoms with Crippen molar-refractivity contribution in [2.24, 2.45) is 0 Å². The van der Waals surface area contributed by atoms with Crippen molar-refractivity contribution in [1.29, 1.82) is 0 Å². The number of hydrogen-bond donors (Lipinski definition) is 1. The third-order valence-electron chi connectivity index (χ3n) is 4.51. The number of carbonyl (C=O) groups excluding carboxylic acids is 1. The first-order valence-electron chi connectivity index (χ1n) is 8.83. The fourth-order valence-corrected chi connectivity index (χ4v) is 3.01. The van der Waals surface area contributed by atoms with Gasteiger partial charge in [0.05, 0.1) is 11.3 Å². The number of halogens is 2. The van der Waals surface area contributed by atoms with Gasteiger partial charge in [0.1, 0.15) is 6.54 Å². The second kappa shape index (κ2) is 7.06. The number of alkyl halides is 2. The monoisotopic (exact) mass is 410 g/mol. The Balaban J connectivity index is 1.32. The molecule has 5 rings (SSSR count). The van der Waals surface area contributed by atoms with E-state index in [0.717, 1.165) is 5.56 Å². The molecular weight excluding hydrogens is 398 g/mol. The molecule has 0 fully saturated rings. The Hall–Kier alpha value is -4.09. The minimum atomic E-state index is -2.83. The van der Waals surface area contributed by atoms with E-state index < -0.39 is 12.3 Å². The molecule has 0 radical (unpaired) electrons. The molecule has 1 N–H and O–H groups in total. The molecule has 0 aliphatic carbocycles. The zero-order valence-electron chi connectivity index (χ0n) is 15.2. The van der Waals surface area contributed by atoms with E-state index in [1.54, 1.807) is 18.2 Å². The number of carbonyl (C=O) groups is 1. The van der Waals surface area contributed by atoms with Crippen LogP contribution in [0, 0.1) is 0 Å². The second-order valence-electron chi connectivity index (χ2n) is 6.48. The fourth-order valence-electron chi connectivity index (χ4n) is 3.01. The lowest BCUT2D eigenvalue weighted by atomic mass is 10.1. The van der Waals surface area contributed by atoms with Gasteiger partial charge >= 0.3 is 6.43 Å². The minimum absolute atomic E-state index is 0.0360. The summed E-state index contributed by atoms with van der Waals surface area (Å²) in [6.45, 7) is 0.758. The lowest BCUT2D eigenvalue weighted by Gasteiger charge is -2.00. The first-order valence-corrected chi connectivity index (χ1v) is 8.83. The van der Waals surface area contributed by atoms with Crippen molar-refractivity contribution in [2.75, 3.05) is 0 Å².